The van der Waals surface area contributed by atoms with Gasteiger partial charge in [-0.05, 0) is 6.92 Å². The first-order valence-corrected chi connectivity index (χ1v) is 16.1. The van der Waals surface area contributed by atoms with Crippen LogP contribution >= 0.6 is 0 Å². The molecule has 0 aliphatic heterocycles. The van der Waals surface area contributed by atoms with Crippen LogP contribution in [0.2, 0.25) is 14.8 Å². The molecule has 0 saturated carbocycles. The molecule has 0 bridgehead atoms. The second kappa shape index (κ2) is 8.75. The summed E-state index contributed by atoms with van der Waals surface area (Å²) >= 11 is -1.91. The van der Waals surface area contributed by atoms with Gasteiger partial charge in [0.25, 0.3) is 0 Å². The third-order valence-electron chi connectivity index (χ3n) is 2.06. The Hall–Kier alpha value is -0.291. The molecule has 4 heteroatoms. The van der Waals surface area contributed by atoms with Crippen LogP contribution in [0.15, 0.2) is 18.3 Å². The van der Waals surface area contributed by atoms with Crippen molar-refractivity contribution in [3.63, 3.8) is 0 Å². The number of ether oxygens (including phenoxy) is 1. The maximum absolute atomic E-state index is 7.57. The number of aliphatic hydroxyl groups excluding tert-OH is 1. The molecular formula is C13H25NO2Sn. The van der Waals surface area contributed by atoms with E-state index in [1.165, 1.54) is 3.58 Å². The van der Waals surface area contributed by atoms with Gasteiger partial charge in [0.05, 0.1) is 0 Å². The quantitative estimate of drug-likeness (QED) is 0.852. The summed E-state index contributed by atoms with van der Waals surface area (Å²) in [6.45, 7) is 4.78. The largest absolute Gasteiger partial charge is 0.397 e. The minimum Gasteiger partial charge on any atom is -0.397 e. The Morgan fingerprint density at radius 1 is 1.24 bits per heavy atom. The number of nitrogens with zero attached hydrogens (tertiary/aromatic N) is 1. The Morgan fingerprint density at radius 3 is 2.18 bits per heavy atom. The van der Waals surface area contributed by atoms with Gasteiger partial charge in [-0.1, -0.05) is 0 Å². The van der Waals surface area contributed by atoms with Crippen molar-refractivity contribution in [2.75, 3.05) is 13.2 Å². The van der Waals surface area contributed by atoms with Gasteiger partial charge in [-0.3, -0.25) is 0 Å². The smallest absolute Gasteiger partial charge is 0.0402 e. The maximum atomic E-state index is 7.57. The van der Waals surface area contributed by atoms with Crippen LogP contribution in [0.5, 0.6) is 5.88 Å². The zero-order valence-corrected chi connectivity index (χ0v) is 14.5. The number of rotatable bonds is 4. The first-order valence-electron chi connectivity index (χ1n) is 6.15. The van der Waals surface area contributed by atoms with E-state index in [9.17, 15) is 0 Å². The van der Waals surface area contributed by atoms with Crippen molar-refractivity contribution >= 4 is 22.0 Å². The van der Waals surface area contributed by atoms with E-state index in [-0.39, 0.29) is 6.61 Å². The van der Waals surface area contributed by atoms with E-state index < -0.39 is 18.4 Å². The molecule has 98 valence electrons. The monoisotopic (exact) mass is 347 g/mol. The Morgan fingerprint density at radius 2 is 1.82 bits per heavy atom. The van der Waals surface area contributed by atoms with Crippen LogP contribution in [0.1, 0.15) is 20.3 Å². The molecule has 0 aliphatic rings. The third kappa shape index (κ3) is 7.60. The van der Waals surface area contributed by atoms with Gasteiger partial charge in [0, 0.05) is 6.61 Å². The summed E-state index contributed by atoms with van der Waals surface area (Å²) < 4.78 is 6.88. The topological polar surface area (TPSA) is 42.4 Å². The average Bonchev–Trinajstić information content (AvgIpc) is 2.27. The van der Waals surface area contributed by atoms with E-state index in [0.717, 1.165) is 18.9 Å². The Labute approximate surface area is 109 Å². The fourth-order valence-corrected chi connectivity index (χ4v) is 4.07. The van der Waals surface area contributed by atoms with Crippen LogP contribution in [0.3, 0.4) is 0 Å². The van der Waals surface area contributed by atoms with Crippen molar-refractivity contribution < 1.29 is 9.84 Å². The SMILES string of the molecule is CCCOc1cc[c]([Sn]([CH3])([CH3])[CH3])cn1.CCO. The van der Waals surface area contributed by atoms with E-state index in [2.05, 4.69) is 32.8 Å². The Kier molecular flexibility index (Phi) is 8.60. The number of aromatic nitrogens is 1. The molecule has 0 unspecified atom stereocenters. The van der Waals surface area contributed by atoms with Gasteiger partial charge in [0.1, 0.15) is 0 Å². The average molecular weight is 346 g/mol. The summed E-state index contributed by atoms with van der Waals surface area (Å²) in [7, 11) is 0. The van der Waals surface area contributed by atoms with Gasteiger partial charge < -0.3 is 5.11 Å². The summed E-state index contributed by atoms with van der Waals surface area (Å²) in [6, 6.07) is 4.17. The predicted octanol–water partition coefficient (Wildman–Crippen LogP) is 2.41. The molecule has 1 aromatic rings. The molecule has 1 rings (SSSR count). The molecule has 0 aromatic carbocycles. The number of hydrogen-bond donors (Lipinski definition) is 1. The second-order valence-corrected chi connectivity index (χ2v) is 19.3. The minimum absolute atomic E-state index is 0.250. The summed E-state index contributed by atoms with van der Waals surface area (Å²) in [5.41, 5.74) is 0. The molecule has 17 heavy (non-hydrogen) atoms. The summed E-state index contributed by atoms with van der Waals surface area (Å²) in [5.74, 6) is 0.756. The van der Waals surface area contributed by atoms with Gasteiger partial charge in [-0.15, -0.1) is 0 Å². The van der Waals surface area contributed by atoms with Crippen LogP contribution < -0.4 is 8.32 Å². The van der Waals surface area contributed by atoms with E-state index in [1.54, 1.807) is 6.92 Å². The third-order valence-corrected chi connectivity index (χ3v) is 7.84. The van der Waals surface area contributed by atoms with Crippen molar-refractivity contribution in [3.8, 4) is 5.88 Å². The molecule has 3 nitrogen and oxygen atoms in total. The van der Waals surface area contributed by atoms with Crippen LogP contribution in [0.25, 0.3) is 0 Å². The van der Waals surface area contributed by atoms with E-state index in [4.69, 9.17) is 9.84 Å². The summed E-state index contributed by atoms with van der Waals surface area (Å²) in [5, 5.41) is 7.57. The van der Waals surface area contributed by atoms with E-state index in [0.29, 0.717) is 0 Å². The number of pyridine rings is 1. The van der Waals surface area contributed by atoms with Crippen LogP contribution in [-0.4, -0.2) is 41.7 Å². The standard InChI is InChI=1S/C8H10NO.C2H6O.3CH3.Sn/c1-2-7-10-8-5-3-4-6-9-8;1-2-3;;;;/h3,5-6H,2,7H2,1H3;3H,2H2,1H3;3*1H3;. The minimum atomic E-state index is -1.91. The van der Waals surface area contributed by atoms with Gasteiger partial charge in [-0.2, -0.15) is 0 Å². The van der Waals surface area contributed by atoms with Crippen LogP contribution in [0.4, 0.5) is 0 Å². The molecule has 0 amide bonds. The molecule has 0 radical (unpaired) electrons. The zero-order valence-electron chi connectivity index (χ0n) is 11.7. The molecule has 0 fully saturated rings. The second-order valence-electron chi connectivity index (χ2n) is 4.80. The molecule has 0 spiro atoms. The van der Waals surface area contributed by atoms with Crippen LogP contribution in [0, 0.1) is 0 Å². The van der Waals surface area contributed by atoms with E-state index >= 15 is 0 Å². The number of aliphatic hydroxyl groups is 1. The maximum Gasteiger partial charge on any atom is 0.0402 e. The molecule has 1 heterocycles. The summed E-state index contributed by atoms with van der Waals surface area (Å²) in [6.07, 6.45) is 3.02. The number of hydrogen-bond acceptors (Lipinski definition) is 3. The zero-order chi connectivity index (χ0) is 13.3. The van der Waals surface area contributed by atoms with Gasteiger partial charge in [0.2, 0.25) is 0 Å². The first kappa shape index (κ1) is 16.7. The fraction of sp³-hybridized carbons (Fsp3) is 0.615. The van der Waals surface area contributed by atoms with Crippen molar-refractivity contribution in [1.82, 2.24) is 4.98 Å². The van der Waals surface area contributed by atoms with E-state index in [1.807, 2.05) is 12.3 Å². The molecule has 0 atom stereocenters. The molecule has 1 aromatic heterocycles. The molecule has 1 N–H and O–H groups in total. The van der Waals surface area contributed by atoms with Gasteiger partial charge in [-0.25, -0.2) is 0 Å². The summed E-state index contributed by atoms with van der Waals surface area (Å²) in [4.78, 5) is 11.5. The normalized spacial score (nSPS) is 10.5. The molecular weight excluding hydrogens is 321 g/mol. The predicted molar refractivity (Wildman–Crippen MR) is 75.8 cm³/mol. The van der Waals surface area contributed by atoms with Gasteiger partial charge in [0.15, 0.2) is 0 Å². The van der Waals surface area contributed by atoms with Crippen molar-refractivity contribution in [1.29, 1.82) is 0 Å². The molecule has 0 saturated heterocycles. The van der Waals surface area contributed by atoms with Gasteiger partial charge >= 0.3 is 90.7 Å². The Bertz CT molecular complexity index is 293. The molecule has 0 aliphatic carbocycles. The Balaban J connectivity index is 0.000000770. The van der Waals surface area contributed by atoms with Crippen LogP contribution in [-0.2, 0) is 0 Å². The first-order chi connectivity index (χ1) is 7.95. The fourth-order valence-electron chi connectivity index (χ4n) is 1.12. The van der Waals surface area contributed by atoms with Crippen molar-refractivity contribution in [2.45, 2.75) is 35.1 Å². The van der Waals surface area contributed by atoms with Crippen molar-refractivity contribution in [3.05, 3.63) is 18.3 Å². The van der Waals surface area contributed by atoms with Crippen molar-refractivity contribution in [2.24, 2.45) is 0 Å².